The third kappa shape index (κ3) is 2.40. The summed E-state index contributed by atoms with van der Waals surface area (Å²) in [7, 11) is 0. The van der Waals surface area contributed by atoms with Gasteiger partial charge in [-0.1, -0.05) is 12.1 Å². The minimum Gasteiger partial charge on any atom is -0.450 e. The van der Waals surface area contributed by atoms with E-state index in [1.807, 2.05) is 0 Å². The fourth-order valence-electron chi connectivity index (χ4n) is 1.57. The number of hydrogen-bond acceptors (Lipinski definition) is 4. The molecule has 0 spiro atoms. The number of benzene rings is 2. The Morgan fingerprint density at radius 3 is 2.44 bits per heavy atom. The van der Waals surface area contributed by atoms with Crippen LogP contribution in [0.15, 0.2) is 42.5 Å². The van der Waals surface area contributed by atoms with E-state index in [9.17, 15) is 10.1 Å². The summed E-state index contributed by atoms with van der Waals surface area (Å²) in [5, 5.41) is 10.9. The average Bonchev–Trinajstić information content (AvgIpc) is 2.34. The van der Waals surface area contributed by atoms with E-state index >= 15 is 0 Å². The Labute approximate surface area is 104 Å². The van der Waals surface area contributed by atoms with Gasteiger partial charge in [-0.2, -0.15) is 0 Å². The van der Waals surface area contributed by atoms with E-state index in [1.54, 1.807) is 43.3 Å². The number of rotatable bonds is 3. The Morgan fingerprint density at radius 2 is 1.83 bits per heavy atom. The number of para-hydroxylation sites is 1. The third-order valence-corrected chi connectivity index (χ3v) is 2.49. The van der Waals surface area contributed by atoms with Crippen molar-refractivity contribution in [2.75, 3.05) is 5.73 Å². The van der Waals surface area contributed by atoms with E-state index < -0.39 is 4.92 Å². The molecule has 0 aliphatic carbocycles. The minimum absolute atomic E-state index is 0.0492. The molecule has 2 N–H and O–H groups in total. The summed E-state index contributed by atoms with van der Waals surface area (Å²) < 4.78 is 5.56. The number of nitrogens with two attached hydrogens (primary N) is 1. The molecule has 92 valence electrons. The van der Waals surface area contributed by atoms with E-state index in [4.69, 9.17) is 10.5 Å². The predicted molar refractivity (Wildman–Crippen MR) is 68.8 cm³/mol. The summed E-state index contributed by atoms with van der Waals surface area (Å²) in [6.07, 6.45) is 0. The maximum absolute atomic E-state index is 10.9. The molecular formula is C13H12N2O3. The van der Waals surface area contributed by atoms with Crippen molar-refractivity contribution in [3.63, 3.8) is 0 Å². The molecule has 0 aliphatic rings. The molecule has 0 heterocycles. The van der Waals surface area contributed by atoms with Gasteiger partial charge in [-0.25, -0.2) is 0 Å². The van der Waals surface area contributed by atoms with Crippen LogP contribution in [0.3, 0.4) is 0 Å². The summed E-state index contributed by atoms with van der Waals surface area (Å²) in [4.78, 5) is 10.5. The number of hydrogen-bond donors (Lipinski definition) is 1. The van der Waals surface area contributed by atoms with Gasteiger partial charge in [0, 0.05) is 11.8 Å². The number of nitro groups is 1. The standard InChI is InChI=1S/C13H12N2O3/c1-9-3-2-4-12(15(16)17)13(9)18-11-7-5-10(14)6-8-11/h2-8H,14H2,1H3. The molecule has 5 nitrogen and oxygen atoms in total. The molecule has 0 fully saturated rings. The van der Waals surface area contributed by atoms with Crippen molar-refractivity contribution >= 4 is 11.4 Å². The Balaban J connectivity index is 2.39. The van der Waals surface area contributed by atoms with E-state index in [2.05, 4.69) is 0 Å². The second-order valence-corrected chi connectivity index (χ2v) is 3.85. The first-order valence-corrected chi connectivity index (χ1v) is 5.35. The van der Waals surface area contributed by atoms with Gasteiger partial charge in [0.2, 0.25) is 5.75 Å². The summed E-state index contributed by atoms with van der Waals surface area (Å²) in [5.41, 5.74) is 6.84. The van der Waals surface area contributed by atoms with Gasteiger partial charge in [-0.05, 0) is 36.8 Å². The van der Waals surface area contributed by atoms with Crippen molar-refractivity contribution < 1.29 is 9.66 Å². The maximum atomic E-state index is 10.9. The van der Waals surface area contributed by atoms with Crippen molar-refractivity contribution in [3.8, 4) is 11.5 Å². The van der Waals surface area contributed by atoms with Gasteiger partial charge in [0.05, 0.1) is 4.92 Å². The monoisotopic (exact) mass is 244 g/mol. The molecule has 0 aliphatic heterocycles. The van der Waals surface area contributed by atoms with Gasteiger partial charge < -0.3 is 10.5 Å². The van der Waals surface area contributed by atoms with Gasteiger partial charge in [0.15, 0.2) is 0 Å². The lowest BCUT2D eigenvalue weighted by atomic mass is 10.2. The SMILES string of the molecule is Cc1cccc([N+](=O)[O-])c1Oc1ccc(N)cc1. The van der Waals surface area contributed by atoms with Crippen LogP contribution in [0, 0.1) is 17.0 Å². The predicted octanol–water partition coefficient (Wildman–Crippen LogP) is 3.28. The largest absolute Gasteiger partial charge is 0.450 e. The molecular weight excluding hydrogens is 232 g/mol. The zero-order valence-corrected chi connectivity index (χ0v) is 9.79. The van der Waals surface area contributed by atoms with Crippen LogP contribution in [0.4, 0.5) is 11.4 Å². The van der Waals surface area contributed by atoms with Crippen LogP contribution in [0.25, 0.3) is 0 Å². The van der Waals surface area contributed by atoms with Gasteiger partial charge in [0.25, 0.3) is 0 Å². The highest BCUT2D eigenvalue weighted by atomic mass is 16.6. The van der Waals surface area contributed by atoms with Crippen LogP contribution in [0.2, 0.25) is 0 Å². The number of nitro benzene ring substituents is 1. The quantitative estimate of drug-likeness (QED) is 0.510. The number of nitrogen functional groups attached to an aromatic ring is 1. The molecule has 0 saturated heterocycles. The summed E-state index contributed by atoms with van der Waals surface area (Å²) in [5.74, 6) is 0.772. The lowest BCUT2D eigenvalue weighted by molar-refractivity contribution is -0.385. The number of aryl methyl sites for hydroxylation is 1. The molecule has 18 heavy (non-hydrogen) atoms. The van der Waals surface area contributed by atoms with Crippen LogP contribution >= 0.6 is 0 Å². The van der Waals surface area contributed by atoms with Crippen molar-refractivity contribution in [1.82, 2.24) is 0 Å². The second kappa shape index (κ2) is 4.75. The van der Waals surface area contributed by atoms with Crippen molar-refractivity contribution in [2.24, 2.45) is 0 Å². The molecule has 0 aromatic heterocycles. The summed E-state index contributed by atoms with van der Waals surface area (Å²) in [6, 6.07) is 11.5. The Morgan fingerprint density at radius 1 is 1.17 bits per heavy atom. The van der Waals surface area contributed by atoms with Crippen molar-refractivity contribution in [1.29, 1.82) is 0 Å². The number of anilines is 1. The first-order chi connectivity index (χ1) is 8.58. The molecule has 2 aromatic carbocycles. The zero-order valence-electron chi connectivity index (χ0n) is 9.79. The molecule has 0 amide bonds. The molecule has 0 atom stereocenters. The highest BCUT2D eigenvalue weighted by molar-refractivity contribution is 5.53. The number of nitrogens with zero attached hydrogens (tertiary/aromatic N) is 1. The highest BCUT2D eigenvalue weighted by Gasteiger charge is 2.17. The van der Waals surface area contributed by atoms with Crippen LogP contribution in [-0.2, 0) is 0 Å². The molecule has 0 saturated carbocycles. The van der Waals surface area contributed by atoms with Crippen LogP contribution in [0.1, 0.15) is 5.56 Å². The molecule has 0 unspecified atom stereocenters. The summed E-state index contributed by atoms with van der Waals surface area (Å²) in [6.45, 7) is 1.76. The Bertz CT molecular complexity index is 579. The molecule has 5 heteroatoms. The normalized spacial score (nSPS) is 10.1. The average molecular weight is 244 g/mol. The number of ether oxygens (including phenoxy) is 1. The fraction of sp³-hybridized carbons (Fsp3) is 0.0769. The third-order valence-electron chi connectivity index (χ3n) is 2.49. The topological polar surface area (TPSA) is 78.4 Å². The van der Waals surface area contributed by atoms with E-state index in [0.29, 0.717) is 17.0 Å². The van der Waals surface area contributed by atoms with Gasteiger partial charge in [-0.15, -0.1) is 0 Å². The van der Waals surface area contributed by atoms with Crippen LogP contribution in [0.5, 0.6) is 11.5 Å². The van der Waals surface area contributed by atoms with Gasteiger partial charge in [0.1, 0.15) is 5.75 Å². The maximum Gasteiger partial charge on any atom is 0.311 e. The van der Waals surface area contributed by atoms with Gasteiger partial charge >= 0.3 is 5.69 Å². The Kier molecular flexibility index (Phi) is 3.14. The smallest absolute Gasteiger partial charge is 0.311 e. The lowest BCUT2D eigenvalue weighted by Crippen LogP contribution is -1.95. The van der Waals surface area contributed by atoms with E-state index in [1.165, 1.54) is 6.07 Å². The minimum atomic E-state index is -0.459. The van der Waals surface area contributed by atoms with Crippen LogP contribution in [-0.4, -0.2) is 4.92 Å². The van der Waals surface area contributed by atoms with E-state index in [0.717, 1.165) is 0 Å². The molecule has 0 bridgehead atoms. The first-order valence-electron chi connectivity index (χ1n) is 5.35. The second-order valence-electron chi connectivity index (χ2n) is 3.85. The molecule has 2 aromatic rings. The van der Waals surface area contributed by atoms with E-state index in [-0.39, 0.29) is 11.4 Å². The van der Waals surface area contributed by atoms with Crippen LogP contribution < -0.4 is 10.5 Å². The van der Waals surface area contributed by atoms with Gasteiger partial charge in [-0.3, -0.25) is 10.1 Å². The first kappa shape index (κ1) is 11.9. The summed E-state index contributed by atoms with van der Waals surface area (Å²) >= 11 is 0. The fourth-order valence-corrected chi connectivity index (χ4v) is 1.57. The van der Waals surface area contributed by atoms with Crippen molar-refractivity contribution in [3.05, 3.63) is 58.1 Å². The Hall–Kier alpha value is -2.56. The molecule has 0 radical (unpaired) electrons. The zero-order chi connectivity index (χ0) is 13.1. The molecule has 2 rings (SSSR count). The lowest BCUT2D eigenvalue weighted by Gasteiger charge is -2.08. The highest BCUT2D eigenvalue weighted by Crippen LogP contribution is 2.34. The van der Waals surface area contributed by atoms with Crippen molar-refractivity contribution in [2.45, 2.75) is 6.92 Å².